The molecule has 0 N–H and O–H groups in total. The van der Waals surface area contributed by atoms with Crippen LogP contribution in [0.25, 0.3) is 17.0 Å². The smallest absolute Gasteiger partial charge is 0.239 e. The Morgan fingerprint density at radius 1 is 1.28 bits per heavy atom. The molecule has 3 heterocycles. The van der Waals surface area contributed by atoms with E-state index in [9.17, 15) is 8.60 Å². The second kappa shape index (κ2) is 7.34. The first kappa shape index (κ1) is 19.7. The topological polar surface area (TPSA) is 85.5 Å². The van der Waals surface area contributed by atoms with E-state index < -0.39 is 15.5 Å². The predicted octanol–water partition coefficient (Wildman–Crippen LogP) is 2.85. The van der Waals surface area contributed by atoms with Gasteiger partial charge in [0.1, 0.15) is 23.0 Å². The van der Waals surface area contributed by atoms with Crippen molar-refractivity contribution in [2.75, 3.05) is 37.2 Å². The molecule has 29 heavy (non-hydrogen) atoms. The zero-order valence-electron chi connectivity index (χ0n) is 16.8. The quantitative estimate of drug-likeness (QED) is 0.650. The minimum atomic E-state index is -2.44. The lowest BCUT2D eigenvalue weighted by atomic mass is 10.2. The normalized spacial score (nSPS) is 17.7. The summed E-state index contributed by atoms with van der Waals surface area (Å²) in [5.74, 6) is 1.30. The first-order valence-corrected chi connectivity index (χ1v) is 11.6. The monoisotopic (exact) mass is 418 g/mol. The Morgan fingerprint density at radius 3 is 2.79 bits per heavy atom. The van der Waals surface area contributed by atoms with Crippen LogP contribution in [0.5, 0.6) is 0 Å². The van der Waals surface area contributed by atoms with E-state index in [1.54, 1.807) is 42.2 Å². The van der Waals surface area contributed by atoms with Crippen LogP contribution in [0.4, 0.5) is 16.0 Å². The van der Waals surface area contributed by atoms with Crippen LogP contribution in [0.1, 0.15) is 12.7 Å². The molecule has 10 heteroatoms. The van der Waals surface area contributed by atoms with Crippen molar-refractivity contribution in [2.24, 2.45) is 4.36 Å². The average Bonchev–Trinajstić information content (AvgIpc) is 2.97. The number of morpholine rings is 1. The summed E-state index contributed by atoms with van der Waals surface area (Å²) >= 11 is 0. The van der Waals surface area contributed by atoms with Gasteiger partial charge in [0.25, 0.3) is 0 Å². The van der Waals surface area contributed by atoms with Crippen molar-refractivity contribution >= 4 is 32.4 Å². The van der Waals surface area contributed by atoms with Crippen LogP contribution < -0.4 is 4.90 Å². The van der Waals surface area contributed by atoms with Crippen LogP contribution in [-0.2, 0) is 14.5 Å². The Morgan fingerprint density at radius 2 is 2.07 bits per heavy atom. The maximum atomic E-state index is 14.6. The van der Waals surface area contributed by atoms with Gasteiger partial charge in [-0.15, -0.1) is 0 Å². The molecule has 3 aromatic rings. The molecule has 1 saturated heterocycles. The van der Waals surface area contributed by atoms with Gasteiger partial charge in [-0.05, 0) is 26.0 Å². The molecule has 0 spiro atoms. The predicted molar refractivity (Wildman–Crippen MR) is 111 cm³/mol. The van der Waals surface area contributed by atoms with E-state index >= 15 is 0 Å². The number of imidazole rings is 1. The van der Waals surface area contributed by atoms with Crippen LogP contribution in [-0.4, -0.2) is 62.0 Å². The SMILES string of the molecule is Cc1nc2cccc(F)c2n1-c1nc(N=S(C)(C)=O)cc(N2CCOC[C@H]2C)n1. The number of aromatic nitrogens is 4. The molecule has 1 aromatic carbocycles. The van der Waals surface area contributed by atoms with Gasteiger partial charge in [0.2, 0.25) is 5.95 Å². The van der Waals surface area contributed by atoms with Crippen LogP contribution in [0.2, 0.25) is 0 Å². The summed E-state index contributed by atoms with van der Waals surface area (Å²) in [5, 5.41) is 0. The zero-order chi connectivity index (χ0) is 20.8. The van der Waals surface area contributed by atoms with E-state index in [0.29, 0.717) is 42.4 Å². The molecule has 0 bridgehead atoms. The standard InChI is InChI=1S/C19H23FN6O2S/c1-12-11-28-9-8-25(12)17-10-16(24-29(3,4)27)22-19(23-17)26-13(2)21-15-7-5-6-14(20)18(15)26/h5-7,10,12H,8-9,11H2,1-4H3/t12-/m1/s1. The number of para-hydroxylation sites is 1. The van der Waals surface area contributed by atoms with Crippen LogP contribution in [0.15, 0.2) is 28.6 Å². The van der Waals surface area contributed by atoms with Crippen molar-refractivity contribution in [1.29, 1.82) is 0 Å². The number of fused-ring (bicyclic) bond motifs is 1. The number of hydrogen-bond acceptors (Lipinski definition) is 7. The molecule has 0 unspecified atom stereocenters. The van der Waals surface area contributed by atoms with Gasteiger partial charge in [-0.25, -0.2) is 13.6 Å². The molecule has 0 radical (unpaired) electrons. The van der Waals surface area contributed by atoms with Crippen LogP contribution in [0.3, 0.4) is 0 Å². The molecule has 1 aliphatic heterocycles. The van der Waals surface area contributed by atoms with Crippen molar-refractivity contribution in [3.63, 3.8) is 0 Å². The first-order valence-electron chi connectivity index (χ1n) is 9.27. The van der Waals surface area contributed by atoms with E-state index in [4.69, 9.17) is 9.72 Å². The van der Waals surface area contributed by atoms with E-state index in [1.807, 2.05) is 6.92 Å². The maximum Gasteiger partial charge on any atom is 0.239 e. The summed E-state index contributed by atoms with van der Waals surface area (Å²) in [6.07, 6.45) is 3.09. The molecule has 8 nitrogen and oxygen atoms in total. The number of ether oxygens (including phenoxy) is 1. The molecule has 1 aliphatic rings. The molecule has 0 amide bonds. The van der Waals surface area contributed by atoms with Gasteiger partial charge in [-0.2, -0.15) is 14.3 Å². The molecule has 1 fully saturated rings. The Hall–Kier alpha value is -2.59. The molecule has 154 valence electrons. The molecule has 1 atom stereocenters. The molecule has 0 saturated carbocycles. The minimum Gasteiger partial charge on any atom is -0.377 e. The summed E-state index contributed by atoms with van der Waals surface area (Å²) in [6.45, 7) is 5.62. The van der Waals surface area contributed by atoms with Crippen molar-refractivity contribution in [2.45, 2.75) is 19.9 Å². The second-order valence-corrected chi connectivity index (χ2v) is 9.92. The summed E-state index contributed by atoms with van der Waals surface area (Å²) < 4.78 is 38.3. The summed E-state index contributed by atoms with van der Waals surface area (Å²) in [5.41, 5.74) is 0.821. The summed E-state index contributed by atoms with van der Waals surface area (Å²) in [6, 6.07) is 6.55. The fraction of sp³-hybridized carbons (Fsp3) is 0.421. The Kier molecular flexibility index (Phi) is 4.99. The van der Waals surface area contributed by atoms with Gasteiger partial charge in [-0.1, -0.05) is 6.07 Å². The molecule has 0 aliphatic carbocycles. The number of rotatable bonds is 3. The number of anilines is 1. The lowest BCUT2D eigenvalue weighted by molar-refractivity contribution is 0.0985. The largest absolute Gasteiger partial charge is 0.377 e. The number of hydrogen-bond donors (Lipinski definition) is 0. The Labute approximate surface area is 168 Å². The van der Waals surface area contributed by atoms with Crippen LogP contribution in [0, 0.1) is 12.7 Å². The van der Waals surface area contributed by atoms with Gasteiger partial charge in [-0.3, -0.25) is 4.57 Å². The number of benzene rings is 1. The third-order valence-electron chi connectivity index (χ3n) is 4.66. The van der Waals surface area contributed by atoms with Gasteiger partial charge >= 0.3 is 0 Å². The highest BCUT2D eigenvalue weighted by Gasteiger charge is 2.23. The first-order chi connectivity index (χ1) is 13.7. The Bertz CT molecular complexity index is 1190. The van der Waals surface area contributed by atoms with E-state index in [-0.39, 0.29) is 17.8 Å². The van der Waals surface area contributed by atoms with Crippen molar-refractivity contribution in [1.82, 2.24) is 19.5 Å². The summed E-state index contributed by atoms with van der Waals surface area (Å²) in [7, 11) is -2.44. The second-order valence-electron chi connectivity index (χ2n) is 7.38. The maximum absolute atomic E-state index is 14.6. The molecular weight excluding hydrogens is 395 g/mol. The minimum absolute atomic E-state index is 0.101. The lowest BCUT2D eigenvalue weighted by Gasteiger charge is -2.34. The fourth-order valence-corrected chi connectivity index (χ4v) is 3.99. The van der Waals surface area contributed by atoms with Crippen molar-refractivity contribution in [3.05, 3.63) is 35.9 Å². The van der Waals surface area contributed by atoms with Gasteiger partial charge < -0.3 is 9.64 Å². The van der Waals surface area contributed by atoms with Gasteiger partial charge in [0.15, 0.2) is 5.82 Å². The molecule has 2 aromatic heterocycles. The molecular formula is C19H23FN6O2S. The highest BCUT2D eigenvalue weighted by atomic mass is 32.2. The van der Waals surface area contributed by atoms with Gasteiger partial charge in [0.05, 0.1) is 24.8 Å². The molecule has 4 rings (SSSR count). The van der Waals surface area contributed by atoms with E-state index in [0.717, 1.165) is 0 Å². The van der Waals surface area contributed by atoms with E-state index in [1.165, 1.54) is 6.07 Å². The fourth-order valence-electron chi connectivity index (χ4n) is 3.44. The Balaban J connectivity index is 1.96. The zero-order valence-corrected chi connectivity index (χ0v) is 17.6. The van der Waals surface area contributed by atoms with Crippen molar-refractivity contribution in [3.8, 4) is 5.95 Å². The van der Waals surface area contributed by atoms with Crippen LogP contribution >= 0.6 is 0 Å². The number of halogens is 1. The summed E-state index contributed by atoms with van der Waals surface area (Å²) in [4.78, 5) is 15.7. The lowest BCUT2D eigenvalue weighted by Crippen LogP contribution is -2.44. The van der Waals surface area contributed by atoms with Gasteiger partial charge in [0, 0.05) is 34.9 Å². The highest BCUT2D eigenvalue weighted by Crippen LogP contribution is 2.27. The number of nitrogens with zero attached hydrogens (tertiary/aromatic N) is 6. The highest BCUT2D eigenvalue weighted by molar-refractivity contribution is 7.92. The third-order valence-corrected chi connectivity index (χ3v) is 5.28. The van der Waals surface area contributed by atoms with E-state index in [2.05, 4.69) is 19.2 Å². The average molecular weight is 418 g/mol. The van der Waals surface area contributed by atoms with Crippen molar-refractivity contribution < 1.29 is 13.3 Å². The number of aryl methyl sites for hydroxylation is 1. The third kappa shape index (κ3) is 3.95.